The summed E-state index contributed by atoms with van der Waals surface area (Å²) in [6.45, 7) is 9.03. The molecule has 128 valence electrons. The van der Waals surface area contributed by atoms with Crippen LogP contribution < -0.4 is 15.4 Å². The highest BCUT2D eigenvalue weighted by Crippen LogP contribution is 2.30. The van der Waals surface area contributed by atoms with Gasteiger partial charge in [-0.1, -0.05) is 11.3 Å². The van der Waals surface area contributed by atoms with Gasteiger partial charge in [-0.3, -0.25) is 4.79 Å². The molecule has 1 aromatic heterocycles. The first-order chi connectivity index (χ1) is 11.3. The van der Waals surface area contributed by atoms with Crippen molar-refractivity contribution < 1.29 is 9.53 Å². The number of nitrogens with zero attached hydrogens (tertiary/aromatic N) is 3. The second kappa shape index (κ2) is 6.24. The molecule has 1 atom stereocenters. The third-order valence-electron chi connectivity index (χ3n) is 3.95. The first kappa shape index (κ1) is 16.4. The first-order valence-corrected chi connectivity index (χ1v) is 8.04. The Bertz CT molecular complexity index is 748. The Labute approximate surface area is 141 Å². The minimum Gasteiger partial charge on any atom is -0.482 e. The molecule has 2 aromatic rings. The van der Waals surface area contributed by atoms with Crippen molar-refractivity contribution in [3.63, 3.8) is 0 Å². The van der Waals surface area contributed by atoms with E-state index in [0.717, 1.165) is 16.9 Å². The van der Waals surface area contributed by atoms with Gasteiger partial charge in [-0.2, -0.15) is 0 Å². The first-order valence-electron chi connectivity index (χ1n) is 8.04. The molecular weight excluding hydrogens is 306 g/mol. The van der Waals surface area contributed by atoms with E-state index in [9.17, 15) is 4.79 Å². The minimum atomic E-state index is -0.126. The molecule has 0 unspecified atom stereocenters. The molecule has 0 spiro atoms. The van der Waals surface area contributed by atoms with Gasteiger partial charge in [0.15, 0.2) is 6.61 Å². The lowest BCUT2D eigenvalue weighted by Crippen LogP contribution is -2.26. The highest BCUT2D eigenvalue weighted by molar-refractivity contribution is 5.95. The second-order valence-corrected chi connectivity index (χ2v) is 7.02. The number of hydrogen-bond donors (Lipinski definition) is 2. The highest BCUT2D eigenvalue weighted by atomic mass is 16.5. The summed E-state index contributed by atoms with van der Waals surface area (Å²) in [6.07, 6.45) is 1.96. The van der Waals surface area contributed by atoms with Gasteiger partial charge in [0, 0.05) is 12.6 Å². The Morgan fingerprint density at radius 2 is 2.21 bits per heavy atom. The molecule has 2 heterocycles. The van der Waals surface area contributed by atoms with Crippen molar-refractivity contribution in [3.8, 4) is 5.75 Å². The minimum absolute atomic E-state index is 0.0730. The van der Waals surface area contributed by atoms with Gasteiger partial charge in [-0.25, -0.2) is 4.68 Å². The fourth-order valence-corrected chi connectivity index (χ4v) is 2.45. The Balaban J connectivity index is 1.65. The highest BCUT2D eigenvalue weighted by Gasteiger charge is 2.18. The van der Waals surface area contributed by atoms with Crippen molar-refractivity contribution in [1.29, 1.82) is 0 Å². The largest absolute Gasteiger partial charge is 0.482 e. The Morgan fingerprint density at radius 1 is 1.42 bits per heavy atom. The van der Waals surface area contributed by atoms with Crippen LogP contribution in [0.25, 0.3) is 0 Å². The van der Waals surface area contributed by atoms with Crippen LogP contribution in [0.3, 0.4) is 0 Å². The van der Waals surface area contributed by atoms with E-state index in [-0.39, 0.29) is 24.1 Å². The fraction of sp³-hybridized carbons (Fsp3) is 0.471. The SMILES string of the molecule is C[C@@H](NCc1cn(C(C)(C)C)nn1)c1ccc2c(c1)NC(=O)CO2. The van der Waals surface area contributed by atoms with Crippen molar-refractivity contribution in [2.45, 2.75) is 45.8 Å². The van der Waals surface area contributed by atoms with Crippen molar-refractivity contribution in [1.82, 2.24) is 20.3 Å². The predicted molar refractivity (Wildman–Crippen MR) is 90.8 cm³/mol. The Hall–Kier alpha value is -2.41. The molecule has 0 radical (unpaired) electrons. The number of hydrogen-bond acceptors (Lipinski definition) is 5. The lowest BCUT2D eigenvalue weighted by molar-refractivity contribution is -0.118. The third-order valence-corrected chi connectivity index (χ3v) is 3.95. The maximum Gasteiger partial charge on any atom is 0.262 e. The van der Waals surface area contributed by atoms with E-state index in [4.69, 9.17) is 4.74 Å². The summed E-state index contributed by atoms with van der Waals surface area (Å²) >= 11 is 0. The zero-order valence-electron chi connectivity index (χ0n) is 14.5. The lowest BCUT2D eigenvalue weighted by Gasteiger charge is -2.20. The second-order valence-electron chi connectivity index (χ2n) is 7.02. The number of nitrogens with one attached hydrogen (secondary N) is 2. The van der Waals surface area contributed by atoms with Crippen molar-refractivity contribution in [2.75, 3.05) is 11.9 Å². The third kappa shape index (κ3) is 3.56. The molecule has 1 aromatic carbocycles. The Kier molecular flexibility index (Phi) is 4.28. The Morgan fingerprint density at radius 3 is 2.92 bits per heavy atom. The smallest absolute Gasteiger partial charge is 0.262 e. The molecule has 1 aliphatic rings. The molecule has 3 rings (SSSR count). The van der Waals surface area contributed by atoms with Crippen molar-refractivity contribution in [3.05, 3.63) is 35.7 Å². The number of aromatic nitrogens is 3. The summed E-state index contributed by atoms with van der Waals surface area (Å²) in [4.78, 5) is 11.4. The normalized spacial score (nSPS) is 15.4. The molecule has 1 aliphatic heterocycles. The molecule has 7 heteroatoms. The van der Waals surface area contributed by atoms with Gasteiger partial charge in [0.25, 0.3) is 5.91 Å². The quantitative estimate of drug-likeness (QED) is 0.899. The van der Waals surface area contributed by atoms with Gasteiger partial charge >= 0.3 is 0 Å². The summed E-state index contributed by atoms with van der Waals surface area (Å²) in [7, 11) is 0. The van der Waals surface area contributed by atoms with Crippen LogP contribution in [0, 0.1) is 0 Å². The van der Waals surface area contributed by atoms with E-state index in [1.165, 1.54) is 0 Å². The number of ether oxygens (including phenoxy) is 1. The number of fused-ring (bicyclic) bond motifs is 1. The molecular formula is C17H23N5O2. The number of anilines is 1. The van der Waals surface area contributed by atoms with Crippen LogP contribution in [0.5, 0.6) is 5.75 Å². The van der Waals surface area contributed by atoms with E-state index < -0.39 is 0 Å². The molecule has 7 nitrogen and oxygen atoms in total. The monoisotopic (exact) mass is 329 g/mol. The summed E-state index contributed by atoms with van der Waals surface area (Å²) in [6, 6.07) is 5.93. The van der Waals surface area contributed by atoms with Crippen molar-refractivity contribution >= 4 is 11.6 Å². The number of rotatable bonds is 4. The maximum atomic E-state index is 11.4. The van der Waals surface area contributed by atoms with Crippen LogP contribution in [-0.4, -0.2) is 27.5 Å². The van der Waals surface area contributed by atoms with Crippen LogP contribution in [0.4, 0.5) is 5.69 Å². The number of carbonyl (C=O) groups is 1. The summed E-state index contributed by atoms with van der Waals surface area (Å²) < 4.78 is 7.24. The molecule has 1 amide bonds. The number of amides is 1. The summed E-state index contributed by atoms with van der Waals surface area (Å²) in [5.41, 5.74) is 2.61. The number of carbonyl (C=O) groups excluding carboxylic acids is 1. The van der Waals surface area contributed by atoms with Gasteiger partial charge in [0.05, 0.1) is 23.1 Å². The van der Waals surface area contributed by atoms with Crippen LogP contribution >= 0.6 is 0 Å². The van der Waals surface area contributed by atoms with Gasteiger partial charge in [0.2, 0.25) is 0 Å². The van der Waals surface area contributed by atoms with E-state index in [0.29, 0.717) is 12.3 Å². The van der Waals surface area contributed by atoms with Crippen molar-refractivity contribution in [2.24, 2.45) is 0 Å². The van der Waals surface area contributed by atoms with Gasteiger partial charge in [-0.05, 0) is 45.4 Å². The predicted octanol–water partition coefficient (Wildman–Crippen LogP) is 2.21. The van der Waals surface area contributed by atoms with Gasteiger partial charge in [-0.15, -0.1) is 5.10 Å². The van der Waals surface area contributed by atoms with Crippen LogP contribution in [0.1, 0.15) is 45.0 Å². The summed E-state index contributed by atoms with van der Waals surface area (Å²) in [5, 5.41) is 14.6. The standard InChI is InChI=1S/C17H23N5O2/c1-11(18-8-13-9-22(21-20-13)17(2,3)4)12-5-6-15-14(7-12)19-16(23)10-24-15/h5-7,9,11,18H,8,10H2,1-4H3,(H,19,23)/t11-/m1/s1. The number of benzene rings is 1. The molecule has 0 saturated carbocycles. The molecule has 0 fully saturated rings. The molecule has 0 aliphatic carbocycles. The van der Waals surface area contributed by atoms with Crippen LogP contribution in [-0.2, 0) is 16.9 Å². The molecule has 24 heavy (non-hydrogen) atoms. The van der Waals surface area contributed by atoms with Crippen LogP contribution in [0.2, 0.25) is 0 Å². The molecule has 2 N–H and O–H groups in total. The van der Waals surface area contributed by atoms with E-state index >= 15 is 0 Å². The van der Waals surface area contributed by atoms with Gasteiger partial charge in [0.1, 0.15) is 5.75 Å². The van der Waals surface area contributed by atoms with E-state index in [2.05, 4.69) is 48.6 Å². The average Bonchev–Trinajstić information content (AvgIpc) is 3.01. The zero-order valence-corrected chi connectivity index (χ0v) is 14.5. The van der Waals surface area contributed by atoms with Gasteiger partial charge < -0.3 is 15.4 Å². The maximum absolute atomic E-state index is 11.4. The van der Waals surface area contributed by atoms with Crippen LogP contribution in [0.15, 0.2) is 24.4 Å². The summed E-state index contributed by atoms with van der Waals surface area (Å²) in [5.74, 6) is 0.581. The van der Waals surface area contributed by atoms with E-state index in [1.54, 1.807) is 0 Å². The topological polar surface area (TPSA) is 81.1 Å². The van der Waals surface area contributed by atoms with E-state index in [1.807, 2.05) is 29.1 Å². The molecule has 0 bridgehead atoms. The fourth-order valence-electron chi connectivity index (χ4n) is 2.45. The lowest BCUT2D eigenvalue weighted by atomic mass is 10.1. The zero-order chi connectivity index (χ0) is 17.3. The molecule has 0 saturated heterocycles. The average molecular weight is 329 g/mol.